The van der Waals surface area contributed by atoms with Crippen LogP contribution in [0.25, 0.3) is 0 Å². The topological polar surface area (TPSA) is 58.5 Å². The highest BCUT2D eigenvalue weighted by molar-refractivity contribution is 6.43. The van der Waals surface area contributed by atoms with Gasteiger partial charge in [0.15, 0.2) is 5.78 Å². The minimum atomic E-state index is -0.225. The molecule has 0 fully saturated rings. The van der Waals surface area contributed by atoms with E-state index >= 15 is 0 Å². The lowest BCUT2D eigenvalue weighted by Crippen LogP contribution is -2.38. The summed E-state index contributed by atoms with van der Waals surface area (Å²) in [6.07, 6.45) is 0.0783. The van der Waals surface area contributed by atoms with Gasteiger partial charge in [0.25, 0.3) is 5.91 Å². The van der Waals surface area contributed by atoms with Gasteiger partial charge in [0.2, 0.25) is 0 Å². The van der Waals surface area contributed by atoms with Gasteiger partial charge in [-0.3, -0.25) is 14.6 Å². The zero-order chi connectivity index (χ0) is 12.3. The summed E-state index contributed by atoms with van der Waals surface area (Å²) in [5, 5.41) is 2.68. The number of rotatable bonds is 3. The maximum atomic E-state index is 11.9. The van der Waals surface area contributed by atoms with Gasteiger partial charge in [-0.1, -0.05) is 29.8 Å². The molecule has 0 unspecified atom stereocenters. The summed E-state index contributed by atoms with van der Waals surface area (Å²) in [6, 6.07) is 7.32. The van der Waals surface area contributed by atoms with Crippen molar-refractivity contribution < 1.29 is 9.59 Å². The molecule has 1 amide bonds. The average Bonchev–Trinajstić information content (AvgIpc) is 2.33. The Labute approximate surface area is 99.7 Å². The molecule has 1 aliphatic rings. The summed E-state index contributed by atoms with van der Waals surface area (Å²) in [6.45, 7) is 3.08. The summed E-state index contributed by atoms with van der Waals surface area (Å²) in [5.74, 6) is -0.294. The van der Waals surface area contributed by atoms with E-state index in [0.29, 0.717) is 24.4 Å². The summed E-state index contributed by atoms with van der Waals surface area (Å²) in [4.78, 5) is 27.4. The minimum Gasteiger partial charge on any atom is -0.349 e. The predicted octanol–water partition coefficient (Wildman–Crippen LogP) is 1.14. The molecule has 0 saturated heterocycles. The van der Waals surface area contributed by atoms with Gasteiger partial charge in [0.1, 0.15) is 5.71 Å². The second-order valence-electron chi connectivity index (χ2n) is 4.05. The molecule has 1 aliphatic heterocycles. The molecule has 1 aromatic carbocycles. The van der Waals surface area contributed by atoms with Crippen LogP contribution < -0.4 is 5.32 Å². The highest BCUT2D eigenvalue weighted by atomic mass is 16.2. The molecule has 1 N–H and O–H groups in total. The first kappa shape index (κ1) is 11.5. The molecule has 1 heterocycles. The highest BCUT2D eigenvalue weighted by Crippen LogP contribution is 2.07. The third-order valence-electron chi connectivity index (χ3n) is 2.66. The van der Waals surface area contributed by atoms with Crippen LogP contribution in [0.1, 0.15) is 22.3 Å². The van der Waals surface area contributed by atoms with Crippen LogP contribution in [0.5, 0.6) is 0 Å². The van der Waals surface area contributed by atoms with Crippen LogP contribution in [0.3, 0.4) is 0 Å². The molecular formula is C13H14N2O2. The summed E-state index contributed by atoms with van der Waals surface area (Å²) in [5.41, 5.74) is 2.06. The van der Waals surface area contributed by atoms with Gasteiger partial charge in [0, 0.05) is 12.1 Å². The minimum absolute atomic E-state index is 0.0687. The molecule has 0 spiro atoms. The number of carbonyl (C=O) groups is 2. The van der Waals surface area contributed by atoms with E-state index in [0.717, 1.165) is 5.56 Å². The standard InChI is InChI=1S/C13H14N2O2/c1-9-2-4-10(5-3-9)12(16)8-11-13(17)15-7-6-14-11/h2-5H,6-8H2,1H3,(H,15,17). The largest absolute Gasteiger partial charge is 0.349 e. The van der Waals surface area contributed by atoms with Gasteiger partial charge in [-0.15, -0.1) is 0 Å². The molecule has 1 aromatic rings. The Morgan fingerprint density at radius 3 is 2.71 bits per heavy atom. The van der Waals surface area contributed by atoms with E-state index in [1.165, 1.54) is 0 Å². The van der Waals surface area contributed by atoms with Crippen LogP contribution in [0.4, 0.5) is 0 Å². The van der Waals surface area contributed by atoms with Gasteiger partial charge in [0.05, 0.1) is 13.0 Å². The lowest BCUT2D eigenvalue weighted by molar-refractivity contribution is -0.115. The fraction of sp³-hybridized carbons (Fsp3) is 0.308. The highest BCUT2D eigenvalue weighted by Gasteiger charge is 2.18. The van der Waals surface area contributed by atoms with Crippen LogP contribution >= 0.6 is 0 Å². The number of aryl methyl sites for hydroxylation is 1. The van der Waals surface area contributed by atoms with Crippen molar-refractivity contribution >= 4 is 17.4 Å². The molecule has 0 aromatic heterocycles. The second-order valence-corrected chi connectivity index (χ2v) is 4.05. The van der Waals surface area contributed by atoms with Crippen molar-refractivity contribution in [2.45, 2.75) is 13.3 Å². The van der Waals surface area contributed by atoms with E-state index in [1.54, 1.807) is 12.1 Å². The van der Waals surface area contributed by atoms with E-state index < -0.39 is 0 Å². The van der Waals surface area contributed by atoms with Crippen molar-refractivity contribution in [1.29, 1.82) is 0 Å². The van der Waals surface area contributed by atoms with Crippen LogP contribution in [0.2, 0.25) is 0 Å². The SMILES string of the molecule is Cc1ccc(C(=O)CC2=NCCNC2=O)cc1. The van der Waals surface area contributed by atoms with E-state index in [9.17, 15) is 9.59 Å². The number of Topliss-reactive ketones (excluding diaryl/α,β-unsaturated/α-hetero) is 1. The van der Waals surface area contributed by atoms with Crippen molar-refractivity contribution in [3.63, 3.8) is 0 Å². The zero-order valence-electron chi connectivity index (χ0n) is 9.69. The molecule has 0 atom stereocenters. The predicted molar refractivity (Wildman–Crippen MR) is 65.4 cm³/mol. The van der Waals surface area contributed by atoms with Gasteiger partial charge < -0.3 is 5.32 Å². The van der Waals surface area contributed by atoms with Crippen LogP contribution in [-0.2, 0) is 4.79 Å². The zero-order valence-corrected chi connectivity index (χ0v) is 9.69. The van der Waals surface area contributed by atoms with E-state index in [1.807, 2.05) is 19.1 Å². The molecule has 4 nitrogen and oxygen atoms in total. The van der Waals surface area contributed by atoms with Crippen molar-refractivity contribution in [3.05, 3.63) is 35.4 Å². The van der Waals surface area contributed by atoms with Crippen LogP contribution in [0, 0.1) is 6.92 Å². The molecule has 0 radical (unpaired) electrons. The van der Waals surface area contributed by atoms with Gasteiger partial charge in [-0.05, 0) is 6.92 Å². The number of nitrogens with zero attached hydrogens (tertiary/aromatic N) is 1. The number of hydrogen-bond donors (Lipinski definition) is 1. The Balaban J connectivity index is 2.09. The van der Waals surface area contributed by atoms with Crippen molar-refractivity contribution in [2.24, 2.45) is 4.99 Å². The van der Waals surface area contributed by atoms with Crippen LogP contribution in [0.15, 0.2) is 29.3 Å². The summed E-state index contributed by atoms with van der Waals surface area (Å²) < 4.78 is 0. The molecule has 4 heteroatoms. The monoisotopic (exact) mass is 230 g/mol. The van der Waals surface area contributed by atoms with E-state index in [-0.39, 0.29) is 18.1 Å². The van der Waals surface area contributed by atoms with E-state index in [2.05, 4.69) is 10.3 Å². The molecule has 0 bridgehead atoms. The lowest BCUT2D eigenvalue weighted by Gasteiger charge is -2.12. The molecule has 0 saturated carbocycles. The first-order valence-electron chi connectivity index (χ1n) is 5.58. The normalized spacial score (nSPS) is 15.1. The Kier molecular flexibility index (Phi) is 3.32. The van der Waals surface area contributed by atoms with Crippen molar-refractivity contribution in [2.75, 3.05) is 13.1 Å². The number of hydrogen-bond acceptors (Lipinski definition) is 3. The molecule has 88 valence electrons. The quantitative estimate of drug-likeness (QED) is 0.791. The fourth-order valence-corrected chi connectivity index (χ4v) is 1.66. The number of amides is 1. The number of carbonyl (C=O) groups excluding carboxylic acids is 2. The van der Waals surface area contributed by atoms with Crippen LogP contribution in [-0.4, -0.2) is 30.5 Å². The van der Waals surface area contributed by atoms with Gasteiger partial charge in [-0.25, -0.2) is 0 Å². The average molecular weight is 230 g/mol. The summed E-state index contributed by atoms with van der Waals surface area (Å²) in [7, 11) is 0. The Morgan fingerprint density at radius 2 is 2.06 bits per heavy atom. The number of ketones is 1. The third kappa shape index (κ3) is 2.78. The maximum Gasteiger partial charge on any atom is 0.265 e. The third-order valence-corrected chi connectivity index (χ3v) is 2.66. The molecule has 0 aliphatic carbocycles. The molecule has 2 rings (SSSR count). The summed E-state index contributed by atoms with van der Waals surface area (Å²) >= 11 is 0. The van der Waals surface area contributed by atoms with Gasteiger partial charge in [-0.2, -0.15) is 0 Å². The van der Waals surface area contributed by atoms with Crippen molar-refractivity contribution in [3.8, 4) is 0 Å². The number of benzene rings is 1. The number of aliphatic imine (C=N–C) groups is 1. The molecule has 17 heavy (non-hydrogen) atoms. The Bertz CT molecular complexity index is 475. The first-order valence-corrected chi connectivity index (χ1v) is 5.58. The fourth-order valence-electron chi connectivity index (χ4n) is 1.66. The van der Waals surface area contributed by atoms with Crippen molar-refractivity contribution in [1.82, 2.24) is 5.32 Å². The smallest absolute Gasteiger partial charge is 0.265 e. The number of nitrogens with one attached hydrogen (secondary N) is 1. The Morgan fingerprint density at radius 1 is 1.35 bits per heavy atom. The first-order chi connectivity index (χ1) is 8.16. The Hall–Kier alpha value is -1.97. The maximum absolute atomic E-state index is 11.9. The van der Waals surface area contributed by atoms with Gasteiger partial charge >= 0.3 is 0 Å². The lowest BCUT2D eigenvalue weighted by atomic mass is 10.0. The second kappa shape index (κ2) is 4.91. The van der Waals surface area contributed by atoms with E-state index in [4.69, 9.17) is 0 Å². The molecular weight excluding hydrogens is 216 g/mol.